The standard InChI is InChI=1S/C4H9N3O2.Na.H/c5-4(6)7-2-1-3(8)9;;/h1-2H2,(H,8,9)(H4,5,6,7);;/q;+1;-1. The second-order valence-electron chi connectivity index (χ2n) is 1.45. The molecule has 0 aliphatic rings. The van der Waals surface area contributed by atoms with Gasteiger partial charge in [0.05, 0.1) is 13.0 Å². The summed E-state index contributed by atoms with van der Waals surface area (Å²) in [5, 5.41) is 8.08. The zero-order valence-electron chi connectivity index (χ0n) is 6.87. The molecule has 0 unspecified atom stereocenters. The van der Waals surface area contributed by atoms with Crippen LogP contribution in [0, 0.1) is 0 Å². The minimum absolute atomic E-state index is 0. The molecule has 10 heavy (non-hydrogen) atoms. The average molecular weight is 155 g/mol. The van der Waals surface area contributed by atoms with Gasteiger partial charge in [-0.15, -0.1) is 0 Å². The fourth-order valence-electron chi connectivity index (χ4n) is 0.281. The third kappa shape index (κ3) is 10.7. The van der Waals surface area contributed by atoms with Gasteiger partial charge >= 0.3 is 35.5 Å². The second-order valence-corrected chi connectivity index (χ2v) is 1.45. The molecule has 0 fully saturated rings. The number of aliphatic carboxylic acids is 1. The van der Waals surface area contributed by atoms with Gasteiger partial charge in [0.1, 0.15) is 0 Å². The van der Waals surface area contributed by atoms with Crippen LogP contribution in [0.15, 0.2) is 4.99 Å². The van der Waals surface area contributed by atoms with Crippen LogP contribution in [0.1, 0.15) is 7.85 Å². The predicted octanol–water partition coefficient (Wildman–Crippen LogP) is -4.15. The number of carboxylic acid groups (broad SMARTS) is 1. The van der Waals surface area contributed by atoms with E-state index >= 15 is 0 Å². The number of rotatable bonds is 3. The van der Waals surface area contributed by atoms with Gasteiger partial charge in [0.15, 0.2) is 5.96 Å². The number of nitrogens with zero attached hydrogens (tertiary/aromatic N) is 1. The molecule has 0 heterocycles. The largest absolute Gasteiger partial charge is 1.00 e. The van der Waals surface area contributed by atoms with Crippen LogP contribution in [0.4, 0.5) is 0 Å². The molecule has 0 aromatic rings. The van der Waals surface area contributed by atoms with E-state index in [1.807, 2.05) is 0 Å². The fraction of sp³-hybridized carbons (Fsp3) is 0.500. The molecule has 0 spiro atoms. The molecule has 0 amide bonds. The first-order valence-corrected chi connectivity index (χ1v) is 2.40. The minimum Gasteiger partial charge on any atom is -1.00 e. The Kier molecular flexibility index (Phi) is 8.51. The van der Waals surface area contributed by atoms with E-state index in [2.05, 4.69) is 4.99 Å². The molecule has 0 saturated carbocycles. The van der Waals surface area contributed by atoms with Gasteiger partial charge in [0.2, 0.25) is 0 Å². The molecule has 0 bridgehead atoms. The van der Waals surface area contributed by atoms with Crippen molar-refractivity contribution in [1.82, 2.24) is 0 Å². The summed E-state index contributed by atoms with van der Waals surface area (Å²) >= 11 is 0. The monoisotopic (exact) mass is 155 g/mol. The average Bonchev–Trinajstić information content (AvgIpc) is 1.63. The normalized spacial score (nSPS) is 7.60. The number of nitrogens with two attached hydrogens (primary N) is 2. The van der Waals surface area contributed by atoms with Crippen LogP contribution >= 0.6 is 0 Å². The van der Waals surface area contributed by atoms with E-state index in [0.29, 0.717) is 0 Å². The summed E-state index contributed by atoms with van der Waals surface area (Å²) in [4.78, 5) is 13.3. The van der Waals surface area contributed by atoms with Gasteiger partial charge in [0.25, 0.3) is 0 Å². The van der Waals surface area contributed by atoms with E-state index in [1.54, 1.807) is 0 Å². The predicted molar refractivity (Wildman–Crippen MR) is 34.0 cm³/mol. The van der Waals surface area contributed by atoms with Crippen LogP contribution in [-0.2, 0) is 4.79 Å². The van der Waals surface area contributed by atoms with E-state index in [-0.39, 0.29) is 49.9 Å². The third-order valence-corrected chi connectivity index (χ3v) is 0.620. The number of guanidine groups is 1. The summed E-state index contributed by atoms with van der Waals surface area (Å²) in [6.45, 7) is 0.150. The van der Waals surface area contributed by atoms with Crippen molar-refractivity contribution in [3.05, 3.63) is 0 Å². The van der Waals surface area contributed by atoms with Crippen LogP contribution < -0.4 is 41.0 Å². The Morgan fingerprint density at radius 1 is 1.60 bits per heavy atom. The van der Waals surface area contributed by atoms with Crippen molar-refractivity contribution in [1.29, 1.82) is 0 Å². The summed E-state index contributed by atoms with van der Waals surface area (Å²) in [6.07, 6.45) is -0.0299. The summed E-state index contributed by atoms with van der Waals surface area (Å²) in [5.41, 5.74) is 9.83. The molecular weight excluding hydrogens is 145 g/mol. The third-order valence-electron chi connectivity index (χ3n) is 0.620. The Balaban J connectivity index is -0.000000320. The first kappa shape index (κ1) is 12.4. The van der Waals surface area contributed by atoms with Gasteiger partial charge in [-0.25, -0.2) is 0 Å². The first-order valence-electron chi connectivity index (χ1n) is 2.40. The molecular formula is C4H10N3NaO2. The molecule has 0 aliphatic heterocycles. The summed E-state index contributed by atoms with van der Waals surface area (Å²) < 4.78 is 0. The zero-order valence-corrected chi connectivity index (χ0v) is 7.87. The Labute approximate surface area is 82.3 Å². The topological polar surface area (TPSA) is 102 Å². The maximum absolute atomic E-state index is 9.83. The van der Waals surface area contributed by atoms with E-state index in [1.165, 1.54) is 0 Å². The van der Waals surface area contributed by atoms with Crippen molar-refractivity contribution in [2.24, 2.45) is 16.5 Å². The summed E-state index contributed by atoms with van der Waals surface area (Å²) in [7, 11) is 0. The Hall–Kier alpha value is -0.260. The fourth-order valence-corrected chi connectivity index (χ4v) is 0.281. The van der Waals surface area contributed by atoms with Gasteiger partial charge in [-0.2, -0.15) is 0 Å². The minimum atomic E-state index is -0.903. The Morgan fingerprint density at radius 3 is 2.40 bits per heavy atom. The van der Waals surface area contributed by atoms with Gasteiger partial charge < -0.3 is 18.0 Å². The molecule has 6 heteroatoms. The summed E-state index contributed by atoms with van der Waals surface area (Å²) in [6, 6.07) is 0. The van der Waals surface area contributed by atoms with E-state index in [9.17, 15) is 4.79 Å². The number of carboxylic acids is 1. The molecule has 0 atom stereocenters. The van der Waals surface area contributed by atoms with E-state index in [4.69, 9.17) is 16.6 Å². The maximum atomic E-state index is 9.83. The molecule has 0 aliphatic carbocycles. The molecule has 0 aromatic carbocycles. The van der Waals surface area contributed by atoms with Crippen molar-refractivity contribution >= 4 is 11.9 Å². The van der Waals surface area contributed by atoms with Crippen molar-refractivity contribution in [2.45, 2.75) is 6.42 Å². The van der Waals surface area contributed by atoms with Gasteiger partial charge in [-0.1, -0.05) is 0 Å². The number of carbonyl (C=O) groups is 1. The zero-order chi connectivity index (χ0) is 7.28. The number of hydrogen-bond acceptors (Lipinski definition) is 2. The maximum Gasteiger partial charge on any atom is 1.00 e. The molecule has 0 saturated heterocycles. The Bertz CT molecular complexity index is 137. The van der Waals surface area contributed by atoms with E-state index in [0.717, 1.165) is 0 Å². The molecule has 0 aromatic heterocycles. The molecule has 54 valence electrons. The van der Waals surface area contributed by atoms with Crippen molar-refractivity contribution in [3.8, 4) is 0 Å². The number of hydrogen-bond donors (Lipinski definition) is 3. The van der Waals surface area contributed by atoms with Gasteiger partial charge in [-0.3, -0.25) is 9.79 Å². The van der Waals surface area contributed by atoms with Crippen LogP contribution in [0.25, 0.3) is 0 Å². The Morgan fingerprint density at radius 2 is 2.10 bits per heavy atom. The quantitative estimate of drug-likeness (QED) is 0.219. The molecule has 5 N–H and O–H groups in total. The van der Waals surface area contributed by atoms with Crippen LogP contribution in [0.5, 0.6) is 0 Å². The van der Waals surface area contributed by atoms with Crippen molar-refractivity contribution < 1.29 is 40.9 Å². The first-order chi connectivity index (χ1) is 4.13. The summed E-state index contributed by atoms with van der Waals surface area (Å²) in [5.74, 6) is -0.976. The van der Waals surface area contributed by atoms with Crippen molar-refractivity contribution in [2.75, 3.05) is 6.54 Å². The van der Waals surface area contributed by atoms with Gasteiger partial charge in [-0.05, 0) is 0 Å². The smallest absolute Gasteiger partial charge is 1.00 e. The molecule has 0 rings (SSSR count). The van der Waals surface area contributed by atoms with E-state index < -0.39 is 5.97 Å². The molecule has 0 radical (unpaired) electrons. The van der Waals surface area contributed by atoms with Crippen LogP contribution in [0.2, 0.25) is 0 Å². The second kappa shape index (κ2) is 6.85. The van der Waals surface area contributed by atoms with Crippen LogP contribution in [0.3, 0.4) is 0 Å². The van der Waals surface area contributed by atoms with Crippen LogP contribution in [-0.4, -0.2) is 23.6 Å². The van der Waals surface area contributed by atoms with Crippen molar-refractivity contribution in [3.63, 3.8) is 0 Å². The SMILES string of the molecule is NC(N)=NCCC(=O)O.[H-].[Na+]. The van der Waals surface area contributed by atoms with Gasteiger partial charge in [0, 0.05) is 0 Å². The number of aliphatic imine (C=N–C) groups is 1. The molecule has 5 nitrogen and oxygen atoms in total.